The molecule has 0 aliphatic heterocycles. The Labute approximate surface area is 99.3 Å². The molecule has 0 aliphatic rings. The summed E-state index contributed by atoms with van der Waals surface area (Å²) < 4.78 is 8.25. The normalized spacial score (nSPS) is 5.88. The predicted octanol–water partition coefficient (Wildman–Crippen LogP) is -7.60. The van der Waals surface area contributed by atoms with E-state index < -0.39 is 23.9 Å². The third kappa shape index (κ3) is 39.5. The van der Waals surface area contributed by atoms with Gasteiger partial charge in [0.1, 0.15) is 0 Å². The Morgan fingerprint density at radius 2 is 0.688 bits per heavy atom. The quantitative estimate of drug-likeness (QED) is 0.325. The van der Waals surface area contributed by atoms with Gasteiger partial charge in [-0.3, -0.25) is 0 Å². The Bertz CT molecular complexity index is 191. The summed E-state index contributed by atoms with van der Waals surface area (Å²) in [5.41, 5.74) is 0. The van der Waals surface area contributed by atoms with Gasteiger partial charge in [0.05, 0.1) is 23.9 Å². The summed E-state index contributed by atoms with van der Waals surface area (Å²) in [4.78, 5) is 35.7. The zero-order valence-electron chi connectivity index (χ0n) is 7.67. The van der Waals surface area contributed by atoms with E-state index in [0.717, 1.165) is 20.4 Å². The number of hydrogen-bond acceptors (Lipinski definition) is 9. The molecule has 16 heavy (non-hydrogen) atoms. The Morgan fingerprint density at radius 3 is 0.688 bits per heavy atom. The van der Waals surface area contributed by atoms with E-state index in [-0.39, 0.29) is 11.6 Å². The van der Waals surface area contributed by atoms with Crippen LogP contribution in [-0.2, 0) is 42.9 Å². The molecule has 11 nitrogen and oxygen atoms in total. The fourth-order valence-electron chi connectivity index (χ4n) is 0. The van der Waals surface area contributed by atoms with Gasteiger partial charge in [0.2, 0.25) is 0 Å². The van der Waals surface area contributed by atoms with Gasteiger partial charge in [0, 0.05) is 0 Å². The van der Waals surface area contributed by atoms with Crippen molar-refractivity contribution in [1.29, 1.82) is 0 Å². The van der Waals surface area contributed by atoms with E-state index in [2.05, 4.69) is 0 Å². The van der Waals surface area contributed by atoms with E-state index in [1.54, 1.807) is 0 Å². The van der Waals surface area contributed by atoms with Crippen LogP contribution in [0.15, 0.2) is 0 Å². The van der Waals surface area contributed by atoms with E-state index in [1.807, 2.05) is 0 Å². The van der Waals surface area contributed by atoms with Crippen LogP contribution in [0, 0.1) is 0 Å². The molecule has 0 saturated heterocycles. The zero-order valence-corrected chi connectivity index (χ0v) is 9.24. The second-order valence-electron chi connectivity index (χ2n) is 1.15. The molecule has 0 radical (unpaired) electrons. The standard InChI is InChI=1S/2C2H2O4.H3N.H2O.O.Ti/c2*3-1(4)2(5)6;;;;/h2*(H,3,4)(H,5,6);1H3;1H2;;/q;;;;;+2/p-3. The summed E-state index contributed by atoms with van der Waals surface area (Å²) in [6, 6.07) is 0. The summed E-state index contributed by atoms with van der Waals surface area (Å²) in [6.45, 7) is 0. The fraction of sp³-hybridized carbons (Fsp3) is 0. The van der Waals surface area contributed by atoms with E-state index >= 15 is 0 Å². The number of rotatable bonds is 0. The van der Waals surface area contributed by atoms with Crippen molar-refractivity contribution in [2.45, 2.75) is 0 Å². The molecule has 92 valence electrons. The number of carboxylic acid groups (broad SMARTS) is 4. The maximum atomic E-state index is 8.93. The molecule has 0 saturated carbocycles. The molecular formula is C4H6NO10Ti-. The van der Waals surface area contributed by atoms with Crippen LogP contribution in [0.1, 0.15) is 0 Å². The molecule has 0 fully saturated rings. The monoisotopic (exact) mass is 276 g/mol. The van der Waals surface area contributed by atoms with E-state index in [0.29, 0.717) is 0 Å². The van der Waals surface area contributed by atoms with Gasteiger partial charge in [0.25, 0.3) is 0 Å². The first-order valence-electron chi connectivity index (χ1n) is 2.34. The Kier molecular flexibility index (Phi) is 34.7. The van der Waals surface area contributed by atoms with Crippen LogP contribution < -0.4 is 26.6 Å². The van der Waals surface area contributed by atoms with Gasteiger partial charge >= 0.3 is 23.7 Å². The van der Waals surface area contributed by atoms with Gasteiger partial charge in [-0.25, -0.2) is 0 Å². The summed E-state index contributed by atoms with van der Waals surface area (Å²) in [5, 5.41) is 35.7. The summed E-state index contributed by atoms with van der Waals surface area (Å²) >= 11 is 0.750. The molecule has 0 aliphatic carbocycles. The fourth-order valence-corrected chi connectivity index (χ4v) is 0. The molecule has 0 aromatic heterocycles. The number of carbonyl (C=O) groups excluding carboxylic acids is 4. The first kappa shape index (κ1) is 29.2. The summed E-state index contributed by atoms with van der Waals surface area (Å²) in [5.74, 6) is -8.74. The van der Waals surface area contributed by atoms with Crippen LogP contribution in [0.3, 0.4) is 0 Å². The van der Waals surface area contributed by atoms with Crippen molar-refractivity contribution in [3.63, 3.8) is 0 Å². The molecule has 0 aromatic carbocycles. The molecule has 0 spiro atoms. The minimum atomic E-state index is -2.19. The topological polar surface area (TPSA) is 246 Å². The maximum absolute atomic E-state index is 8.93. The summed E-state index contributed by atoms with van der Waals surface area (Å²) in [7, 11) is 0. The first-order valence-corrected chi connectivity index (χ1v) is 2.97. The van der Waals surface area contributed by atoms with Gasteiger partial charge in [-0.1, -0.05) is 0 Å². The number of quaternary nitrogens is 1. The van der Waals surface area contributed by atoms with Crippen LogP contribution >= 0.6 is 0 Å². The van der Waals surface area contributed by atoms with Crippen molar-refractivity contribution in [1.82, 2.24) is 6.15 Å². The van der Waals surface area contributed by atoms with E-state index in [1.165, 1.54) is 0 Å². The van der Waals surface area contributed by atoms with Crippen LogP contribution in [-0.4, -0.2) is 29.4 Å². The Balaban J connectivity index is -0.0000000393. The van der Waals surface area contributed by atoms with E-state index in [4.69, 9.17) is 42.9 Å². The van der Waals surface area contributed by atoms with Crippen LogP contribution in [0.25, 0.3) is 0 Å². The number of carboxylic acids is 4. The second kappa shape index (κ2) is 19.0. The number of carbonyl (C=O) groups is 4. The van der Waals surface area contributed by atoms with Gasteiger partial charge in [-0.05, 0) is 0 Å². The Morgan fingerprint density at radius 1 is 0.625 bits per heavy atom. The summed E-state index contributed by atoms with van der Waals surface area (Å²) in [6.07, 6.45) is 0. The van der Waals surface area contributed by atoms with Crippen molar-refractivity contribution >= 4 is 23.9 Å². The Hall–Kier alpha value is -1.69. The molecule has 0 atom stereocenters. The second-order valence-corrected chi connectivity index (χ2v) is 1.15. The third-order valence-electron chi connectivity index (χ3n) is 0.333. The zero-order chi connectivity index (χ0) is 12.3. The molecule has 0 heterocycles. The SMILES string of the molecule is O.O=C([O-])C(=O)[O-].O=C([O-])C(=O)[O-].[NH4+].[O]=[Ti+2]. The first-order chi connectivity index (χ1) is 6.29. The van der Waals surface area contributed by atoms with Crippen LogP contribution in [0.2, 0.25) is 0 Å². The molecule has 0 amide bonds. The average Bonchev–Trinajstić information content (AvgIpc) is 2.08. The molecular weight excluding hydrogens is 270 g/mol. The van der Waals surface area contributed by atoms with Crippen molar-refractivity contribution in [2.24, 2.45) is 0 Å². The molecule has 0 aromatic rings. The van der Waals surface area contributed by atoms with Crippen LogP contribution in [0.4, 0.5) is 0 Å². The molecule has 0 rings (SSSR count). The van der Waals surface area contributed by atoms with Crippen molar-refractivity contribution in [3.05, 3.63) is 0 Å². The number of aliphatic carboxylic acids is 4. The van der Waals surface area contributed by atoms with Crippen molar-refractivity contribution in [3.8, 4) is 0 Å². The molecule has 0 bridgehead atoms. The van der Waals surface area contributed by atoms with Gasteiger partial charge < -0.3 is 51.2 Å². The number of hydrogen-bond donors (Lipinski definition) is 1. The third-order valence-corrected chi connectivity index (χ3v) is 0.333. The van der Waals surface area contributed by atoms with Crippen LogP contribution in [0.5, 0.6) is 0 Å². The average molecular weight is 276 g/mol. The van der Waals surface area contributed by atoms with Crippen molar-refractivity contribution in [2.75, 3.05) is 0 Å². The van der Waals surface area contributed by atoms with Gasteiger partial charge in [-0.15, -0.1) is 0 Å². The van der Waals surface area contributed by atoms with Gasteiger partial charge in [0.15, 0.2) is 0 Å². The predicted molar refractivity (Wildman–Crippen MR) is 30.3 cm³/mol. The van der Waals surface area contributed by atoms with Gasteiger partial charge in [-0.2, -0.15) is 0 Å². The van der Waals surface area contributed by atoms with Crippen molar-refractivity contribution < 1.29 is 68.8 Å². The molecule has 6 N–H and O–H groups in total. The molecule has 12 heteroatoms. The minimum absolute atomic E-state index is 0. The van der Waals surface area contributed by atoms with E-state index in [9.17, 15) is 0 Å². The molecule has 0 unspecified atom stereocenters.